The van der Waals surface area contributed by atoms with Crippen LogP contribution in [0.5, 0.6) is 5.75 Å². The number of benzene rings is 2. The van der Waals surface area contributed by atoms with Crippen molar-refractivity contribution in [1.82, 2.24) is 5.32 Å². The summed E-state index contributed by atoms with van der Waals surface area (Å²) in [6, 6.07) is 19.4. The van der Waals surface area contributed by atoms with Crippen LogP contribution < -0.4 is 10.1 Å². The molecule has 1 N–H and O–H groups in total. The van der Waals surface area contributed by atoms with Crippen LogP contribution in [0.4, 0.5) is 0 Å². The number of ether oxygens (including phenoxy) is 1. The van der Waals surface area contributed by atoms with Gasteiger partial charge >= 0.3 is 0 Å². The Bertz CT molecular complexity index is 527. The Hall–Kier alpha value is -1.80. The smallest absolute Gasteiger partial charge is 0.123 e. The lowest BCUT2D eigenvalue weighted by molar-refractivity contribution is 0.177. The van der Waals surface area contributed by atoms with E-state index in [1.54, 1.807) is 0 Å². The average Bonchev–Trinajstić information content (AvgIpc) is 2.92. The third kappa shape index (κ3) is 2.86. The van der Waals surface area contributed by atoms with Crippen LogP contribution in [0.3, 0.4) is 0 Å². The van der Waals surface area contributed by atoms with Gasteiger partial charge in [0.1, 0.15) is 11.9 Å². The van der Waals surface area contributed by atoms with Gasteiger partial charge < -0.3 is 10.1 Å². The maximum Gasteiger partial charge on any atom is 0.123 e. The lowest BCUT2D eigenvalue weighted by atomic mass is 9.98. The molecule has 0 saturated carbocycles. The summed E-state index contributed by atoms with van der Waals surface area (Å²) < 4.78 is 6.09. The Morgan fingerprint density at radius 3 is 2.60 bits per heavy atom. The molecule has 0 aliphatic carbocycles. The van der Waals surface area contributed by atoms with Crippen LogP contribution in [0.15, 0.2) is 54.6 Å². The summed E-state index contributed by atoms with van der Waals surface area (Å²) in [6.07, 6.45) is 3.44. The molecule has 2 nitrogen and oxygen atoms in total. The van der Waals surface area contributed by atoms with Crippen LogP contribution in [0.1, 0.15) is 17.5 Å². The Kier molecular flexibility index (Phi) is 4.03. The minimum absolute atomic E-state index is 0.251. The summed E-state index contributed by atoms with van der Waals surface area (Å²) in [5.74, 6) is 1.05. The van der Waals surface area contributed by atoms with Crippen LogP contribution in [0.25, 0.3) is 0 Å². The van der Waals surface area contributed by atoms with Crippen LogP contribution in [0.2, 0.25) is 0 Å². The Labute approximate surface area is 120 Å². The van der Waals surface area contributed by atoms with E-state index in [-0.39, 0.29) is 6.10 Å². The van der Waals surface area contributed by atoms with E-state index in [0.717, 1.165) is 25.0 Å². The van der Waals surface area contributed by atoms with Gasteiger partial charge in [-0.2, -0.15) is 0 Å². The molecule has 3 rings (SSSR count). The van der Waals surface area contributed by atoms with Gasteiger partial charge in [-0.15, -0.1) is 0 Å². The van der Waals surface area contributed by atoms with E-state index < -0.39 is 0 Å². The zero-order chi connectivity index (χ0) is 13.8. The van der Waals surface area contributed by atoms with Crippen molar-refractivity contribution < 1.29 is 4.74 Å². The first-order valence-electron chi connectivity index (χ1n) is 7.32. The number of fused-ring (bicyclic) bond motifs is 1. The lowest BCUT2D eigenvalue weighted by Crippen LogP contribution is -2.40. The fourth-order valence-electron chi connectivity index (χ4n) is 2.92. The number of para-hydroxylation sites is 1. The van der Waals surface area contributed by atoms with Gasteiger partial charge in [0, 0.05) is 12.5 Å². The fourth-order valence-corrected chi connectivity index (χ4v) is 2.92. The normalized spacial score (nSPS) is 18.4. The molecule has 2 heteroatoms. The molecular weight excluding hydrogens is 246 g/mol. The molecule has 0 bridgehead atoms. The summed E-state index contributed by atoms with van der Waals surface area (Å²) in [5.41, 5.74) is 2.72. The minimum Gasteiger partial charge on any atom is -0.488 e. The van der Waals surface area contributed by atoms with E-state index >= 15 is 0 Å². The van der Waals surface area contributed by atoms with Gasteiger partial charge in [-0.05, 0) is 37.1 Å². The zero-order valence-electron chi connectivity index (χ0n) is 11.9. The number of hydrogen-bond donors (Lipinski definition) is 1. The first-order chi connectivity index (χ1) is 9.86. The maximum absolute atomic E-state index is 6.09. The Balaban J connectivity index is 1.61. The topological polar surface area (TPSA) is 21.3 Å². The van der Waals surface area contributed by atoms with Crippen molar-refractivity contribution in [2.24, 2.45) is 0 Å². The van der Waals surface area contributed by atoms with E-state index in [0.29, 0.717) is 6.04 Å². The monoisotopic (exact) mass is 267 g/mol. The van der Waals surface area contributed by atoms with Crippen LogP contribution >= 0.6 is 0 Å². The number of aryl methyl sites for hydroxylation is 1. The highest BCUT2D eigenvalue weighted by atomic mass is 16.5. The predicted octanol–water partition coefficient (Wildman–Crippen LogP) is 3.21. The van der Waals surface area contributed by atoms with Gasteiger partial charge in [0.25, 0.3) is 0 Å². The summed E-state index contributed by atoms with van der Waals surface area (Å²) in [6.45, 7) is 0. The van der Waals surface area contributed by atoms with Crippen molar-refractivity contribution in [1.29, 1.82) is 0 Å². The molecule has 1 aliphatic rings. The number of nitrogens with one attached hydrogen (secondary N) is 1. The summed E-state index contributed by atoms with van der Waals surface area (Å²) in [5, 5.41) is 3.42. The van der Waals surface area contributed by atoms with Crippen LogP contribution in [0, 0.1) is 0 Å². The molecule has 2 unspecified atom stereocenters. The van der Waals surface area contributed by atoms with Gasteiger partial charge in [0.15, 0.2) is 0 Å². The van der Waals surface area contributed by atoms with E-state index in [1.165, 1.54) is 11.1 Å². The highest BCUT2D eigenvalue weighted by Gasteiger charge is 2.28. The third-order valence-corrected chi connectivity index (χ3v) is 4.08. The molecule has 0 saturated heterocycles. The first kappa shape index (κ1) is 13.2. The summed E-state index contributed by atoms with van der Waals surface area (Å²) >= 11 is 0. The Morgan fingerprint density at radius 2 is 1.85 bits per heavy atom. The molecule has 0 radical (unpaired) electrons. The van der Waals surface area contributed by atoms with E-state index in [9.17, 15) is 0 Å². The van der Waals surface area contributed by atoms with Crippen molar-refractivity contribution in [3.8, 4) is 5.75 Å². The molecule has 2 aromatic rings. The fraction of sp³-hybridized carbons (Fsp3) is 0.333. The minimum atomic E-state index is 0.251. The lowest BCUT2D eigenvalue weighted by Gasteiger charge is -2.22. The number of rotatable bonds is 5. The summed E-state index contributed by atoms with van der Waals surface area (Å²) in [7, 11) is 2.03. The number of likely N-dealkylation sites (N-methyl/N-ethyl adjacent to an activating group) is 1. The highest BCUT2D eigenvalue weighted by Crippen LogP contribution is 2.30. The maximum atomic E-state index is 6.09. The molecule has 2 atom stereocenters. The standard InChI is InChI=1S/C18H21NO/c1-19-16(12-11-14-7-3-2-4-8-14)18-13-15-9-5-6-10-17(15)20-18/h2-10,16,18-19H,11-13H2,1H3. The van der Waals surface area contributed by atoms with Gasteiger partial charge in [-0.3, -0.25) is 0 Å². The molecule has 0 amide bonds. The van der Waals surface area contributed by atoms with Crippen molar-refractivity contribution in [2.45, 2.75) is 31.4 Å². The van der Waals surface area contributed by atoms with Crippen LogP contribution in [-0.2, 0) is 12.8 Å². The number of hydrogen-bond acceptors (Lipinski definition) is 2. The van der Waals surface area contributed by atoms with Crippen molar-refractivity contribution >= 4 is 0 Å². The van der Waals surface area contributed by atoms with E-state index in [4.69, 9.17) is 4.74 Å². The van der Waals surface area contributed by atoms with Crippen molar-refractivity contribution in [3.63, 3.8) is 0 Å². The average molecular weight is 267 g/mol. The van der Waals surface area contributed by atoms with Gasteiger partial charge in [0.2, 0.25) is 0 Å². The van der Waals surface area contributed by atoms with Crippen molar-refractivity contribution in [2.75, 3.05) is 7.05 Å². The quantitative estimate of drug-likeness (QED) is 0.898. The molecule has 0 fully saturated rings. The van der Waals surface area contributed by atoms with Crippen molar-refractivity contribution in [3.05, 3.63) is 65.7 Å². The molecule has 104 valence electrons. The van der Waals surface area contributed by atoms with Gasteiger partial charge in [0.05, 0.1) is 0 Å². The molecule has 20 heavy (non-hydrogen) atoms. The predicted molar refractivity (Wildman–Crippen MR) is 82.2 cm³/mol. The summed E-state index contributed by atoms with van der Waals surface area (Å²) in [4.78, 5) is 0. The second-order valence-electron chi connectivity index (χ2n) is 5.39. The highest BCUT2D eigenvalue weighted by molar-refractivity contribution is 5.37. The second kappa shape index (κ2) is 6.10. The second-order valence-corrected chi connectivity index (χ2v) is 5.39. The molecular formula is C18H21NO. The Morgan fingerprint density at radius 1 is 1.10 bits per heavy atom. The zero-order valence-corrected chi connectivity index (χ0v) is 11.9. The third-order valence-electron chi connectivity index (χ3n) is 4.08. The van der Waals surface area contributed by atoms with Gasteiger partial charge in [-0.1, -0.05) is 48.5 Å². The molecule has 0 aromatic heterocycles. The molecule has 1 heterocycles. The largest absolute Gasteiger partial charge is 0.488 e. The first-order valence-corrected chi connectivity index (χ1v) is 7.32. The van der Waals surface area contributed by atoms with Crippen LogP contribution in [-0.4, -0.2) is 19.2 Å². The SMILES string of the molecule is CNC(CCc1ccccc1)C1Cc2ccccc2O1. The van der Waals surface area contributed by atoms with E-state index in [2.05, 4.69) is 53.8 Å². The van der Waals surface area contributed by atoms with E-state index in [1.807, 2.05) is 13.1 Å². The molecule has 2 aromatic carbocycles. The molecule has 1 aliphatic heterocycles. The van der Waals surface area contributed by atoms with Gasteiger partial charge in [-0.25, -0.2) is 0 Å². The molecule has 0 spiro atoms.